The topological polar surface area (TPSA) is 83.9 Å². The second-order valence-corrected chi connectivity index (χ2v) is 9.71. The van der Waals surface area contributed by atoms with Gasteiger partial charge in [0.25, 0.3) is 5.56 Å². The van der Waals surface area contributed by atoms with Crippen molar-refractivity contribution in [2.24, 2.45) is 7.05 Å². The Balaban J connectivity index is 1.64. The van der Waals surface area contributed by atoms with Gasteiger partial charge in [0.1, 0.15) is 10.4 Å². The van der Waals surface area contributed by atoms with Crippen LogP contribution in [0.3, 0.4) is 0 Å². The van der Waals surface area contributed by atoms with Crippen LogP contribution in [0.25, 0.3) is 32.6 Å². The molecule has 0 N–H and O–H groups in total. The lowest BCUT2D eigenvalue weighted by Gasteiger charge is -2.14. The van der Waals surface area contributed by atoms with Crippen LogP contribution in [0.2, 0.25) is 5.02 Å². The monoisotopic (exact) mass is 515 g/mol. The first-order valence-electron chi connectivity index (χ1n) is 10.7. The van der Waals surface area contributed by atoms with E-state index in [1.54, 1.807) is 36.1 Å². The molecule has 3 heterocycles. The summed E-state index contributed by atoms with van der Waals surface area (Å²) in [6.07, 6.45) is 3.73. The molecule has 1 aliphatic rings. The Labute approximate surface area is 204 Å². The zero-order valence-electron chi connectivity index (χ0n) is 18.1. The number of alkyl halides is 2. The largest absolute Gasteiger partial charge is 0.435 e. The highest BCUT2D eigenvalue weighted by Gasteiger charge is 2.30. The van der Waals surface area contributed by atoms with Gasteiger partial charge in [0.2, 0.25) is 0 Å². The van der Waals surface area contributed by atoms with E-state index in [2.05, 4.69) is 14.8 Å². The Morgan fingerprint density at radius 3 is 2.66 bits per heavy atom. The number of ether oxygens (including phenoxy) is 1. The van der Waals surface area contributed by atoms with Crippen molar-refractivity contribution in [3.05, 3.63) is 73.5 Å². The minimum Gasteiger partial charge on any atom is -0.435 e. The van der Waals surface area contributed by atoms with Gasteiger partial charge in [-0.05, 0) is 43.2 Å². The van der Waals surface area contributed by atoms with E-state index in [4.69, 9.17) is 11.6 Å². The molecule has 1 saturated carbocycles. The van der Waals surface area contributed by atoms with E-state index in [0.717, 1.165) is 33.3 Å². The number of hydrogen-bond donors (Lipinski definition) is 0. The fourth-order valence-corrected chi connectivity index (χ4v) is 5.47. The molecule has 0 amide bonds. The van der Waals surface area contributed by atoms with Crippen molar-refractivity contribution in [1.29, 1.82) is 0 Å². The first kappa shape index (κ1) is 21.9. The molecule has 12 heteroatoms. The summed E-state index contributed by atoms with van der Waals surface area (Å²) in [6, 6.07) is 8.99. The van der Waals surface area contributed by atoms with E-state index in [1.807, 2.05) is 0 Å². The van der Waals surface area contributed by atoms with Gasteiger partial charge in [0.05, 0.1) is 26.9 Å². The maximum atomic E-state index is 13.8. The molecule has 0 atom stereocenters. The van der Waals surface area contributed by atoms with E-state index in [1.165, 1.54) is 34.1 Å². The number of thiazole rings is 1. The number of fused-ring (bicyclic) bond motifs is 2. The molecule has 2 aromatic carbocycles. The Hall–Kier alpha value is -3.57. The third kappa shape index (κ3) is 3.71. The van der Waals surface area contributed by atoms with Crippen LogP contribution in [-0.4, -0.2) is 30.5 Å². The second-order valence-electron chi connectivity index (χ2n) is 8.28. The third-order valence-electron chi connectivity index (χ3n) is 5.79. The van der Waals surface area contributed by atoms with Crippen LogP contribution in [0, 0.1) is 0 Å². The molecule has 0 spiro atoms. The van der Waals surface area contributed by atoms with Crippen molar-refractivity contribution in [2.75, 3.05) is 0 Å². The first-order valence-corrected chi connectivity index (χ1v) is 11.9. The van der Waals surface area contributed by atoms with Gasteiger partial charge < -0.3 is 4.74 Å². The standard InChI is InChI=1S/C23H16ClF2N5O3S/c1-29-10-12-8-13(4-6-16(12)28-29)30-21(32)18-19(27-20(35-18)11-2-3-11)31(23(30)33)17-7-5-14(9-15(17)24)34-22(25)26/h4-11,22H,2-3H2,1H3. The van der Waals surface area contributed by atoms with Crippen LogP contribution < -0.4 is 16.0 Å². The minimum absolute atomic E-state index is 0.000400. The van der Waals surface area contributed by atoms with Gasteiger partial charge in [-0.1, -0.05) is 11.6 Å². The number of halogens is 3. The average molecular weight is 516 g/mol. The molecule has 0 saturated heterocycles. The van der Waals surface area contributed by atoms with Gasteiger partial charge in [-0.2, -0.15) is 13.9 Å². The molecule has 1 aliphatic carbocycles. The van der Waals surface area contributed by atoms with Crippen molar-refractivity contribution in [2.45, 2.75) is 25.4 Å². The molecule has 35 heavy (non-hydrogen) atoms. The minimum atomic E-state index is -3.02. The zero-order chi connectivity index (χ0) is 24.4. The van der Waals surface area contributed by atoms with Crippen LogP contribution in [0.1, 0.15) is 23.8 Å². The summed E-state index contributed by atoms with van der Waals surface area (Å²) in [5.74, 6) is 0.109. The lowest BCUT2D eigenvalue weighted by molar-refractivity contribution is -0.0498. The Morgan fingerprint density at radius 1 is 1.14 bits per heavy atom. The Morgan fingerprint density at radius 2 is 1.94 bits per heavy atom. The third-order valence-corrected chi connectivity index (χ3v) is 7.29. The van der Waals surface area contributed by atoms with E-state index in [-0.39, 0.29) is 28.0 Å². The highest BCUT2D eigenvalue weighted by atomic mass is 35.5. The Kier molecular flexibility index (Phi) is 5.01. The maximum absolute atomic E-state index is 13.8. The van der Waals surface area contributed by atoms with Gasteiger partial charge in [-0.25, -0.2) is 18.9 Å². The molecule has 5 aromatic rings. The van der Waals surface area contributed by atoms with E-state index >= 15 is 0 Å². The highest BCUT2D eigenvalue weighted by molar-refractivity contribution is 7.18. The van der Waals surface area contributed by atoms with Crippen molar-refractivity contribution in [3.63, 3.8) is 0 Å². The predicted octanol–water partition coefficient (Wildman–Crippen LogP) is 4.62. The normalized spacial score (nSPS) is 13.9. The number of benzene rings is 2. The molecule has 3 aromatic heterocycles. The number of nitrogens with zero attached hydrogens (tertiary/aromatic N) is 5. The highest BCUT2D eigenvalue weighted by Crippen LogP contribution is 2.43. The van der Waals surface area contributed by atoms with Gasteiger partial charge in [-0.3, -0.25) is 9.48 Å². The van der Waals surface area contributed by atoms with Crippen molar-refractivity contribution in [1.82, 2.24) is 23.9 Å². The van der Waals surface area contributed by atoms with Crippen molar-refractivity contribution in [3.8, 4) is 17.1 Å². The van der Waals surface area contributed by atoms with Gasteiger partial charge >= 0.3 is 12.3 Å². The van der Waals surface area contributed by atoms with Crippen molar-refractivity contribution >= 4 is 44.2 Å². The lowest BCUT2D eigenvalue weighted by atomic mass is 10.2. The smallest absolute Gasteiger partial charge is 0.387 e. The quantitative estimate of drug-likeness (QED) is 0.341. The summed E-state index contributed by atoms with van der Waals surface area (Å²) in [5, 5.41) is 5.87. The van der Waals surface area contributed by atoms with Gasteiger partial charge in [0.15, 0.2) is 5.65 Å². The molecule has 8 nitrogen and oxygen atoms in total. The molecule has 0 radical (unpaired) electrons. The zero-order valence-corrected chi connectivity index (χ0v) is 19.7. The van der Waals surface area contributed by atoms with Crippen LogP contribution in [0.15, 0.2) is 52.2 Å². The molecule has 0 aliphatic heterocycles. The number of aryl methyl sites for hydroxylation is 1. The lowest BCUT2D eigenvalue weighted by Crippen LogP contribution is -2.38. The molecule has 0 bridgehead atoms. The number of aromatic nitrogens is 5. The first-order chi connectivity index (χ1) is 16.8. The van der Waals surface area contributed by atoms with Crippen molar-refractivity contribution < 1.29 is 13.5 Å². The van der Waals surface area contributed by atoms with Gasteiger partial charge in [-0.15, -0.1) is 11.3 Å². The summed E-state index contributed by atoms with van der Waals surface area (Å²) >= 11 is 7.67. The molecule has 1 fully saturated rings. The van der Waals surface area contributed by atoms with Crippen LogP contribution in [-0.2, 0) is 7.05 Å². The molecule has 6 rings (SSSR count). The summed E-state index contributed by atoms with van der Waals surface area (Å²) in [6.45, 7) is -3.02. The molecular formula is C23H16ClF2N5O3S. The summed E-state index contributed by atoms with van der Waals surface area (Å²) < 4.78 is 34.0. The average Bonchev–Trinajstić information content (AvgIpc) is 3.44. The number of hydrogen-bond acceptors (Lipinski definition) is 6. The fourth-order valence-electron chi connectivity index (χ4n) is 4.07. The van der Waals surface area contributed by atoms with Crippen LogP contribution >= 0.6 is 22.9 Å². The van der Waals surface area contributed by atoms with Gasteiger partial charge in [0, 0.05) is 30.6 Å². The van der Waals surface area contributed by atoms with E-state index in [9.17, 15) is 18.4 Å². The second kappa shape index (κ2) is 7.99. The maximum Gasteiger partial charge on any atom is 0.387 e. The summed E-state index contributed by atoms with van der Waals surface area (Å²) in [5.41, 5.74) is 0.316. The Bertz CT molecular complexity index is 1750. The predicted molar refractivity (Wildman–Crippen MR) is 129 cm³/mol. The summed E-state index contributed by atoms with van der Waals surface area (Å²) in [4.78, 5) is 32.0. The molecular weight excluding hydrogens is 500 g/mol. The molecule has 178 valence electrons. The van der Waals surface area contributed by atoms with Crippen LogP contribution in [0.4, 0.5) is 8.78 Å². The number of rotatable bonds is 5. The van der Waals surface area contributed by atoms with E-state index < -0.39 is 17.9 Å². The molecule has 0 unspecified atom stereocenters. The van der Waals surface area contributed by atoms with Crippen LogP contribution in [0.5, 0.6) is 5.75 Å². The SMILES string of the molecule is Cn1cc2cc(-n3c(=O)c4sc(C5CC5)nc4n(-c4ccc(OC(F)F)cc4Cl)c3=O)ccc2n1. The van der Waals surface area contributed by atoms with E-state index in [0.29, 0.717) is 10.4 Å². The summed E-state index contributed by atoms with van der Waals surface area (Å²) in [7, 11) is 1.78. The fraction of sp³-hybridized carbons (Fsp3) is 0.217.